The summed E-state index contributed by atoms with van der Waals surface area (Å²) < 4.78 is 21.1. The van der Waals surface area contributed by atoms with Crippen LogP contribution in [-0.2, 0) is 38.3 Å². The van der Waals surface area contributed by atoms with Crippen LogP contribution in [0.2, 0.25) is 26.2 Å². The van der Waals surface area contributed by atoms with E-state index in [4.69, 9.17) is 17.7 Å². The van der Waals surface area contributed by atoms with Crippen LogP contribution in [0, 0.1) is 48.0 Å². The Labute approximate surface area is 385 Å². The molecule has 10 heteroatoms. The molecule has 0 saturated heterocycles. The van der Waals surface area contributed by atoms with E-state index in [9.17, 15) is 0 Å². The first-order valence-corrected chi connectivity index (χ1v) is 28.7. The number of rotatable bonds is 4. The Bertz CT molecular complexity index is 1810. The van der Waals surface area contributed by atoms with E-state index in [1.807, 2.05) is 48.5 Å². The summed E-state index contributed by atoms with van der Waals surface area (Å²) in [6, 6.07) is 15.4. The van der Waals surface area contributed by atoms with Crippen molar-refractivity contribution in [3.8, 4) is 0 Å². The average Bonchev–Trinajstić information content (AvgIpc) is 3.98. The summed E-state index contributed by atoms with van der Waals surface area (Å²) in [5.41, 5.74) is 9.75. The zero-order valence-electron chi connectivity index (χ0n) is 35.9. The van der Waals surface area contributed by atoms with Crippen molar-refractivity contribution in [1.82, 2.24) is 0 Å². The molecule has 4 aromatic rings. The minimum absolute atomic E-state index is 0. The second-order valence-electron chi connectivity index (χ2n) is 14.6. The summed E-state index contributed by atoms with van der Waals surface area (Å²) in [7, 11) is 0. The van der Waals surface area contributed by atoms with Gasteiger partial charge in [-0.3, -0.25) is 0 Å². The van der Waals surface area contributed by atoms with Gasteiger partial charge in [0.15, 0.2) is 0 Å². The molecule has 4 aromatic heterocycles. The van der Waals surface area contributed by atoms with Gasteiger partial charge in [0, 0.05) is 23.0 Å². The van der Waals surface area contributed by atoms with Crippen LogP contribution in [0.15, 0.2) is 138 Å². The topological polar surface area (TPSA) is 52.6 Å². The van der Waals surface area contributed by atoms with Gasteiger partial charge in [0.05, 0.1) is 25.1 Å². The van der Waals surface area contributed by atoms with E-state index in [0.717, 1.165) is 45.3 Å². The maximum absolute atomic E-state index is 5.27. The zero-order valence-corrected chi connectivity index (χ0v) is 42.6. The molecule has 0 aliphatic heterocycles. The maximum atomic E-state index is 5.27. The minimum Gasteiger partial charge on any atom is -1.00 e. The van der Waals surface area contributed by atoms with E-state index in [1.165, 1.54) is 22.3 Å². The molecule has 4 nitrogen and oxygen atoms in total. The van der Waals surface area contributed by atoms with Crippen molar-refractivity contribution in [2.45, 2.75) is 81.6 Å². The third kappa shape index (κ3) is 18.4. The fraction of sp³-hybridized carbons (Fsp3) is 0.333. The van der Waals surface area contributed by atoms with Crippen LogP contribution in [-0.4, -0.2) is 12.4 Å². The molecular weight excluding hydrogens is 863 g/mol. The van der Waals surface area contributed by atoms with Crippen LogP contribution in [0.5, 0.6) is 0 Å². The molecular formula is C48H56Cl2O4Si2Ti2-2. The van der Waals surface area contributed by atoms with Crippen molar-refractivity contribution >= 4 is 34.7 Å². The Hall–Kier alpha value is -2.52. The quantitative estimate of drug-likeness (QED) is 0.155. The summed E-state index contributed by atoms with van der Waals surface area (Å²) in [6.45, 7) is 26.1. The predicted molar refractivity (Wildman–Crippen MR) is 228 cm³/mol. The number of allylic oxidation sites excluding steroid dienone is 16. The van der Waals surface area contributed by atoms with Crippen LogP contribution in [0.1, 0.15) is 78.4 Å². The average molecular weight is 920 g/mol. The molecule has 0 spiro atoms. The van der Waals surface area contributed by atoms with Gasteiger partial charge in [0.1, 0.15) is 0 Å². The van der Waals surface area contributed by atoms with E-state index in [1.54, 1.807) is 25.1 Å². The van der Waals surface area contributed by atoms with Crippen molar-refractivity contribution in [2.24, 2.45) is 23.7 Å². The number of halogens is 2. The Balaban J connectivity index is 0.000000360. The molecule has 4 heterocycles. The van der Waals surface area contributed by atoms with Gasteiger partial charge in [0.25, 0.3) is 0 Å². The molecule has 4 unspecified atom stereocenters. The van der Waals surface area contributed by atoms with Crippen molar-refractivity contribution in [1.29, 1.82) is 0 Å². The predicted octanol–water partition coefficient (Wildman–Crippen LogP) is 7.83. The monoisotopic (exact) mass is 918 g/mol. The maximum Gasteiger partial charge on any atom is -1.00 e. The number of hydrogen-bond acceptors (Lipinski definition) is 4. The summed E-state index contributed by atoms with van der Waals surface area (Å²) in [6.07, 6.45) is 28.9. The van der Waals surface area contributed by atoms with Crippen LogP contribution in [0.4, 0.5) is 0 Å². The molecule has 0 fully saturated rings. The van der Waals surface area contributed by atoms with Crippen LogP contribution < -0.4 is 24.8 Å². The summed E-state index contributed by atoms with van der Waals surface area (Å²) in [5, 5.41) is 0. The fourth-order valence-corrected chi connectivity index (χ4v) is 5.26. The first-order chi connectivity index (χ1) is 26.5. The summed E-state index contributed by atoms with van der Waals surface area (Å²) >= 11 is 4.54. The third-order valence-corrected chi connectivity index (χ3v) is 8.85. The normalized spacial score (nSPS) is 19.4. The van der Waals surface area contributed by atoms with Crippen molar-refractivity contribution < 1.29 is 80.8 Å². The van der Waals surface area contributed by atoms with E-state index in [-0.39, 0.29) is 37.2 Å². The van der Waals surface area contributed by atoms with Crippen LogP contribution >= 0.6 is 0 Å². The SMILES string of the molecule is CC1=CC(c2ccco2)=[C-]C1C.CC1=CC(c2ccco2)=[C-]C1C.CC1=CC(c2ccco2)=[C-]C1C.CC1=CC(c2ccco2)=[C-]C1C.C[Si](C)=[Ti+2].C[Si](C)=[Ti+2].[Cl-].[Cl-]. The van der Waals surface area contributed by atoms with Crippen LogP contribution in [0.3, 0.4) is 0 Å². The summed E-state index contributed by atoms with van der Waals surface area (Å²) in [4.78, 5) is 0. The van der Waals surface area contributed by atoms with Gasteiger partial charge in [0.2, 0.25) is 0 Å². The van der Waals surface area contributed by atoms with E-state index in [0.29, 0.717) is 23.7 Å². The molecule has 304 valence electrons. The van der Waals surface area contributed by atoms with Crippen LogP contribution in [0.25, 0.3) is 22.3 Å². The first kappa shape index (κ1) is 53.5. The van der Waals surface area contributed by atoms with Gasteiger partial charge < -0.3 is 42.5 Å². The van der Waals surface area contributed by atoms with Gasteiger partial charge in [-0.05, 0) is 24.3 Å². The number of furan rings is 4. The van der Waals surface area contributed by atoms with E-state index < -0.39 is 0 Å². The molecule has 58 heavy (non-hydrogen) atoms. The molecule has 0 bridgehead atoms. The van der Waals surface area contributed by atoms with Crippen molar-refractivity contribution in [3.63, 3.8) is 0 Å². The Morgan fingerprint density at radius 3 is 0.690 bits per heavy atom. The smallest absolute Gasteiger partial charge is 1.00 e. The Kier molecular flexibility index (Phi) is 25.2. The first-order valence-electron chi connectivity index (χ1n) is 19.0. The second kappa shape index (κ2) is 27.4. The molecule has 4 aliphatic carbocycles. The summed E-state index contributed by atoms with van der Waals surface area (Å²) in [5.74, 6) is 5.40. The van der Waals surface area contributed by atoms with Gasteiger partial charge in [-0.2, -0.15) is 70.9 Å². The third-order valence-electron chi connectivity index (χ3n) is 8.85. The molecule has 4 atom stereocenters. The Morgan fingerprint density at radius 1 is 0.414 bits per heavy atom. The molecule has 0 amide bonds. The molecule has 4 aliphatic rings. The fourth-order valence-electron chi connectivity index (χ4n) is 5.26. The van der Waals surface area contributed by atoms with Crippen molar-refractivity contribution in [3.05, 3.63) is 168 Å². The van der Waals surface area contributed by atoms with Gasteiger partial charge in [-0.25, -0.2) is 0 Å². The standard InChI is InChI=1S/4C11H11O.2C2H6Si.2ClH.2Ti/c4*1-8-6-10(7-9(8)2)11-4-3-5-12-11;2*1-3-2;;;;/h4*3-6,9H,1-2H3;2*1-2H3;2*1H;;/q4*-1;;;;;2*+2/p-2. The van der Waals surface area contributed by atoms with Gasteiger partial charge in [-0.15, -0.1) is 22.3 Å². The molecule has 0 aromatic carbocycles. The Morgan fingerprint density at radius 2 is 0.586 bits per heavy atom. The largest absolute Gasteiger partial charge is 1.00 e. The van der Waals surface area contributed by atoms with Crippen molar-refractivity contribution in [2.75, 3.05) is 0 Å². The molecule has 8 rings (SSSR count). The minimum atomic E-state index is 0. The van der Waals surface area contributed by atoms with Gasteiger partial charge >= 0.3 is 76.9 Å². The van der Waals surface area contributed by atoms with E-state index in [2.05, 4.69) is 169 Å². The molecule has 0 N–H and O–H groups in total. The molecule has 0 radical (unpaired) electrons. The molecule has 0 saturated carbocycles. The second-order valence-corrected chi connectivity index (χ2v) is 28.0. The van der Waals surface area contributed by atoms with E-state index >= 15 is 0 Å². The number of hydrogen-bond donors (Lipinski definition) is 0. The van der Waals surface area contributed by atoms with Gasteiger partial charge in [-0.1, -0.05) is 103 Å². The zero-order chi connectivity index (χ0) is 41.4.